The van der Waals surface area contributed by atoms with Crippen LogP contribution in [0, 0.1) is 0 Å². The summed E-state index contributed by atoms with van der Waals surface area (Å²) in [7, 11) is -2.19. The molecule has 1 saturated heterocycles. The molecule has 0 radical (unpaired) electrons. The minimum atomic E-state index is -3.65. The van der Waals surface area contributed by atoms with Crippen molar-refractivity contribution in [1.82, 2.24) is 14.3 Å². The summed E-state index contributed by atoms with van der Waals surface area (Å²) >= 11 is 0. The van der Waals surface area contributed by atoms with Gasteiger partial charge in [-0.3, -0.25) is 0 Å². The highest BCUT2D eigenvalue weighted by Crippen LogP contribution is 2.28. The van der Waals surface area contributed by atoms with Gasteiger partial charge in [0, 0.05) is 18.9 Å². The van der Waals surface area contributed by atoms with Crippen LogP contribution in [0.25, 0.3) is 0 Å². The number of benzene rings is 1. The number of piperidine rings is 1. The van der Waals surface area contributed by atoms with E-state index in [-0.39, 0.29) is 23.6 Å². The van der Waals surface area contributed by atoms with Gasteiger partial charge in [0.2, 0.25) is 10.0 Å². The normalized spacial score (nSPS) is 18.5. The molecule has 1 aliphatic heterocycles. The fourth-order valence-electron chi connectivity index (χ4n) is 2.93. The smallest absolute Gasteiger partial charge is 0.316 e. The largest absolute Gasteiger partial charge is 0.495 e. The maximum absolute atomic E-state index is 13.0. The van der Waals surface area contributed by atoms with Crippen LogP contribution in [0.2, 0.25) is 0 Å². The number of sulfonamides is 1. The van der Waals surface area contributed by atoms with E-state index in [1.165, 1.54) is 11.4 Å². The molecule has 0 bridgehead atoms. The van der Waals surface area contributed by atoms with Crippen molar-refractivity contribution in [2.24, 2.45) is 0 Å². The van der Waals surface area contributed by atoms with Crippen LogP contribution in [0.15, 0.2) is 41.6 Å². The van der Waals surface area contributed by atoms with Crippen LogP contribution in [0.4, 0.5) is 0 Å². The van der Waals surface area contributed by atoms with Crippen molar-refractivity contribution in [2.75, 3.05) is 20.2 Å². The summed E-state index contributed by atoms with van der Waals surface area (Å²) in [5.41, 5.74) is 1.03. The van der Waals surface area contributed by atoms with E-state index in [2.05, 4.69) is 9.97 Å². The lowest BCUT2D eigenvalue weighted by atomic mass is 10.1. The van der Waals surface area contributed by atoms with Gasteiger partial charge in [0.25, 0.3) is 0 Å². The van der Waals surface area contributed by atoms with Gasteiger partial charge >= 0.3 is 6.01 Å². The highest BCUT2D eigenvalue weighted by atomic mass is 32.2. The second-order valence-corrected chi connectivity index (χ2v) is 8.03. The SMILES string of the molecule is CCc1cnc(OC2CCCN(S(=O)(=O)c3ccccc3OC)C2)nc1. The van der Waals surface area contributed by atoms with E-state index < -0.39 is 10.0 Å². The Morgan fingerprint density at radius 2 is 1.96 bits per heavy atom. The minimum Gasteiger partial charge on any atom is -0.495 e. The van der Waals surface area contributed by atoms with Crippen LogP contribution < -0.4 is 9.47 Å². The molecular weight excluding hydrogens is 354 g/mol. The fourth-order valence-corrected chi connectivity index (χ4v) is 4.59. The van der Waals surface area contributed by atoms with Gasteiger partial charge in [0.1, 0.15) is 16.7 Å². The number of para-hydroxylation sites is 1. The number of methoxy groups -OCH3 is 1. The van der Waals surface area contributed by atoms with Gasteiger partial charge in [0.05, 0.1) is 13.7 Å². The van der Waals surface area contributed by atoms with E-state index >= 15 is 0 Å². The third kappa shape index (κ3) is 3.96. The maximum atomic E-state index is 13.0. The summed E-state index contributed by atoms with van der Waals surface area (Å²) in [5, 5.41) is 0. The lowest BCUT2D eigenvalue weighted by Crippen LogP contribution is -2.44. The monoisotopic (exact) mass is 377 g/mol. The minimum absolute atomic E-state index is 0.173. The van der Waals surface area contributed by atoms with Crippen molar-refractivity contribution >= 4 is 10.0 Å². The number of rotatable bonds is 6. The molecule has 2 heterocycles. The Morgan fingerprint density at radius 3 is 2.65 bits per heavy atom. The van der Waals surface area contributed by atoms with Gasteiger partial charge in [-0.15, -0.1) is 0 Å². The van der Waals surface area contributed by atoms with E-state index in [0.717, 1.165) is 18.4 Å². The van der Waals surface area contributed by atoms with Gasteiger partial charge in [0.15, 0.2) is 0 Å². The van der Waals surface area contributed by atoms with Crippen molar-refractivity contribution in [3.05, 3.63) is 42.2 Å². The van der Waals surface area contributed by atoms with Crippen LogP contribution in [0.5, 0.6) is 11.8 Å². The second-order valence-electron chi connectivity index (χ2n) is 6.12. The molecule has 0 spiro atoms. The molecule has 7 nitrogen and oxygen atoms in total. The zero-order valence-corrected chi connectivity index (χ0v) is 15.8. The second kappa shape index (κ2) is 8.01. The molecule has 26 heavy (non-hydrogen) atoms. The Bertz CT molecular complexity index is 840. The number of hydrogen-bond donors (Lipinski definition) is 0. The Kier molecular flexibility index (Phi) is 5.73. The molecule has 3 rings (SSSR count). The Morgan fingerprint density at radius 1 is 1.23 bits per heavy atom. The predicted octanol–water partition coefficient (Wildman–Crippen LogP) is 2.28. The van der Waals surface area contributed by atoms with Crippen LogP contribution >= 0.6 is 0 Å². The summed E-state index contributed by atoms with van der Waals surface area (Å²) in [6.45, 7) is 2.75. The first kappa shape index (κ1) is 18.6. The number of aromatic nitrogens is 2. The highest BCUT2D eigenvalue weighted by Gasteiger charge is 2.33. The molecule has 0 amide bonds. The van der Waals surface area contributed by atoms with Gasteiger partial charge in [-0.25, -0.2) is 18.4 Å². The summed E-state index contributed by atoms with van der Waals surface area (Å²) < 4.78 is 38.5. The molecule has 1 atom stereocenters. The number of aryl methyl sites for hydroxylation is 1. The first-order chi connectivity index (χ1) is 12.5. The molecular formula is C18H23N3O4S. The molecule has 2 aromatic rings. The topological polar surface area (TPSA) is 81.6 Å². The van der Waals surface area contributed by atoms with Crippen molar-refractivity contribution in [3.63, 3.8) is 0 Å². The molecule has 1 aromatic heterocycles. The zero-order valence-electron chi connectivity index (χ0n) is 15.0. The van der Waals surface area contributed by atoms with Gasteiger partial charge in [-0.05, 0) is 37.0 Å². The summed E-state index contributed by atoms with van der Waals surface area (Å²) in [6, 6.07) is 6.93. The van der Waals surface area contributed by atoms with E-state index in [1.807, 2.05) is 6.92 Å². The number of ether oxygens (including phenoxy) is 2. The van der Waals surface area contributed by atoms with Gasteiger partial charge in [-0.1, -0.05) is 19.1 Å². The highest BCUT2D eigenvalue weighted by molar-refractivity contribution is 7.89. The molecule has 1 fully saturated rings. The first-order valence-corrected chi connectivity index (χ1v) is 10.1. The zero-order chi connectivity index (χ0) is 18.6. The molecule has 1 aromatic carbocycles. The lowest BCUT2D eigenvalue weighted by Gasteiger charge is -2.31. The molecule has 0 N–H and O–H groups in total. The quantitative estimate of drug-likeness (QED) is 0.768. The van der Waals surface area contributed by atoms with Crippen LogP contribution in [0.1, 0.15) is 25.3 Å². The molecule has 0 aliphatic carbocycles. The van der Waals surface area contributed by atoms with E-state index in [4.69, 9.17) is 9.47 Å². The lowest BCUT2D eigenvalue weighted by molar-refractivity contribution is 0.119. The average molecular weight is 377 g/mol. The summed E-state index contributed by atoms with van der Waals surface area (Å²) in [4.78, 5) is 8.56. The van der Waals surface area contributed by atoms with Crippen molar-refractivity contribution < 1.29 is 17.9 Å². The van der Waals surface area contributed by atoms with E-state index in [0.29, 0.717) is 18.7 Å². The Balaban J connectivity index is 1.74. The van der Waals surface area contributed by atoms with Crippen LogP contribution in [-0.4, -0.2) is 49.0 Å². The maximum Gasteiger partial charge on any atom is 0.316 e. The van der Waals surface area contributed by atoms with Crippen LogP contribution in [0.3, 0.4) is 0 Å². The van der Waals surface area contributed by atoms with E-state index in [9.17, 15) is 8.42 Å². The van der Waals surface area contributed by atoms with Crippen LogP contribution in [-0.2, 0) is 16.4 Å². The van der Waals surface area contributed by atoms with E-state index in [1.54, 1.807) is 36.7 Å². The number of nitrogens with zero attached hydrogens (tertiary/aromatic N) is 3. The molecule has 8 heteroatoms. The summed E-state index contributed by atoms with van der Waals surface area (Å²) in [6.07, 6.45) is 5.52. The third-order valence-corrected chi connectivity index (χ3v) is 6.29. The standard InChI is InChI=1S/C18H23N3O4S/c1-3-14-11-19-18(20-12-14)25-15-7-6-10-21(13-15)26(22,23)17-9-5-4-8-16(17)24-2/h4-5,8-9,11-12,15H,3,6-7,10,13H2,1-2H3. The van der Waals surface area contributed by atoms with Gasteiger partial charge in [-0.2, -0.15) is 4.31 Å². The summed E-state index contributed by atoms with van der Waals surface area (Å²) in [5.74, 6) is 0.342. The first-order valence-electron chi connectivity index (χ1n) is 8.65. The Labute approximate surface area is 154 Å². The predicted molar refractivity (Wildman–Crippen MR) is 96.8 cm³/mol. The van der Waals surface area contributed by atoms with Crippen molar-refractivity contribution in [2.45, 2.75) is 37.2 Å². The van der Waals surface area contributed by atoms with Gasteiger partial charge < -0.3 is 9.47 Å². The van der Waals surface area contributed by atoms with Crippen molar-refractivity contribution in [1.29, 1.82) is 0 Å². The average Bonchev–Trinajstić information content (AvgIpc) is 2.68. The molecule has 1 unspecified atom stereocenters. The molecule has 0 saturated carbocycles. The van der Waals surface area contributed by atoms with Crippen molar-refractivity contribution in [3.8, 4) is 11.8 Å². The molecule has 140 valence electrons. The third-order valence-electron chi connectivity index (χ3n) is 4.39. The Hall–Kier alpha value is -2.19. The number of hydrogen-bond acceptors (Lipinski definition) is 6. The fraction of sp³-hybridized carbons (Fsp3) is 0.444. The molecule has 1 aliphatic rings.